The first-order valence-electron chi connectivity index (χ1n) is 8.89. The molecular weight excluding hydrogens is 316 g/mol. The van der Waals surface area contributed by atoms with Gasteiger partial charge in [0.15, 0.2) is 5.82 Å². The van der Waals surface area contributed by atoms with Gasteiger partial charge in [-0.1, -0.05) is 0 Å². The van der Waals surface area contributed by atoms with Crippen LogP contribution in [-0.2, 0) is 9.53 Å². The van der Waals surface area contributed by atoms with E-state index in [1.807, 2.05) is 36.8 Å². The Balaban J connectivity index is 1.57. The summed E-state index contributed by atoms with van der Waals surface area (Å²) in [5.74, 6) is 1.25. The Hall–Kier alpha value is -2.34. The summed E-state index contributed by atoms with van der Waals surface area (Å²) < 4.78 is 7.09. The molecule has 2 aromatic heterocycles. The minimum absolute atomic E-state index is 0.0949. The summed E-state index contributed by atoms with van der Waals surface area (Å²) in [6.45, 7) is 3.06. The third kappa shape index (κ3) is 4.39. The number of hydrogen-bond donors (Lipinski definition) is 1. The van der Waals surface area contributed by atoms with Gasteiger partial charge in [0.1, 0.15) is 0 Å². The van der Waals surface area contributed by atoms with Crippen LogP contribution < -0.4 is 10.2 Å². The van der Waals surface area contributed by atoms with Crippen LogP contribution in [0, 0.1) is 5.92 Å². The highest BCUT2D eigenvalue weighted by molar-refractivity contribution is 5.79. The van der Waals surface area contributed by atoms with Gasteiger partial charge in [0.05, 0.1) is 5.69 Å². The predicted molar refractivity (Wildman–Crippen MR) is 98.0 cm³/mol. The zero-order valence-electron chi connectivity index (χ0n) is 14.7. The van der Waals surface area contributed by atoms with Crippen LogP contribution in [0.25, 0.3) is 5.69 Å². The van der Waals surface area contributed by atoms with Gasteiger partial charge in [0.25, 0.3) is 0 Å². The smallest absolute Gasteiger partial charge is 0.223 e. The summed E-state index contributed by atoms with van der Waals surface area (Å²) in [6, 6.07) is 8.06. The lowest BCUT2D eigenvalue weighted by Gasteiger charge is -2.33. The van der Waals surface area contributed by atoms with Crippen LogP contribution >= 0.6 is 0 Å². The molecule has 1 aliphatic rings. The fraction of sp³-hybridized carbons (Fsp3) is 0.474. The van der Waals surface area contributed by atoms with Crippen molar-refractivity contribution in [3.63, 3.8) is 0 Å². The van der Waals surface area contributed by atoms with Gasteiger partial charge >= 0.3 is 0 Å². The van der Waals surface area contributed by atoms with Crippen molar-refractivity contribution in [2.45, 2.75) is 19.3 Å². The number of piperidine rings is 1. The van der Waals surface area contributed by atoms with Gasteiger partial charge in [0, 0.05) is 57.9 Å². The molecule has 25 heavy (non-hydrogen) atoms. The minimum Gasteiger partial charge on any atom is -0.385 e. The molecule has 6 nitrogen and oxygen atoms in total. The van der Waals surface area contributed by atoms with Crippen molar-refractivity contribution in [3.05, 3.63) is 42.9 Å². The maximum absolute atomic E-state index is 12.3. The highest BCUT2D eigenvalue weighted by Gasteiger charge is 2.26. The van der Waals surface area contributed by atoms with Crippen LogP contribution in [-0.4, -0.2) is 48.8 Å². The number of methoxy groups -OCH3 is 1. The van der Waals surface area contributed by atoms with Crippen LogP contribution in [0.5, 0.6) is 0 Å². The van der Waals surface area contributed by atoms with Crippen LogP contribution in [0.4, 0.5) is 5.82 Å². The average molecular weight is 342 g/mol. The first-order valence-corrected chi connectivity index (χ1v) is 8.89. The molecule has 134 valence electrons. The van der Waals surface area contributed by atoms with Crippen molar-refractivity contribution >= 4 is 11.7 Å². The molecule has 1 aliphatic heterocycles. The maximum Gasteiger partial charge on any atom is 0.223 e. The average Bonchev–Trinajstić information content (AvgIpc) is 3.20. The number of carbonyl (C=O) groups is 1. The molecule has 0 atom stereocenters. The van der Waals surface area contributed by atoms with Gasteiger partial charge in [0.2, 0.25) is 5.91 Å². The van der Waals surface area contributed by atoms with Gasteiger partial charge in [-0.15, -0.1) is 0 Å². The second-order valence-electron chi connectivity index (χ2n) is 6.34. The van der Waals surface area contributed by atoms with E-state index in [-0.39, 0.29) is 11.8 Å². The Labute approximate surface area is 148 Å². The van der Waals surface area contributed by atoms with Crippen molar-refractivity contribution < 1.29 is 9.53 Å². The summed E-state index contributed by atoms with van der Waals surface area (Å²) >= 11 is 0. The van der Waals surface area contributed by atoms with E-state index in [1.165, 1.54) is 0 Å². The molecule has 1 N–H and O–H groups in total. The lowest BCUT2D eigenvalue weighted by atomic mass is 9.95. The number of hydrogen-bond acceptors (Lipinski definition) is 4. The fourth-order valence-corrected chi connectivity index (χ4v) is 3.25. The fourth-order valence-electron chi connectivity index (χ4n) is 3.25. The van der Waals surface area contributed by atoms with Gasteiger partial charge in [-0.2, -0.15) is 0 Å². The summed E-state index contributed by atoms with van der Waals surface area (Å²) in [4.78, 5) is 19.1. The van der Waals surface area contributed by atoms with E-state index in [2.05, 4.69) is 25.8 Å². The number of ether oxygens (including phenoxy) is 1. The Morgan fingerprint density at radius 1 is 1.28 bits per heavy atom. The highest BCUT2D eigenvalue weighted by atomic mass is 16.5. The first-order chi connectivity index (χ1) is 12.3. The zero-order chi connectivity index (χ0) is 17.5. The highest BCUT2D eigenvalue weighted by Crippen LogP contribution is 2.27. The van der Waals surface area contributed by atoms with E-state index >= 15 is 0 Å². The second kappa shape index (κ2) is 8.67. The SMILES string of the molecule is COCCCNC(=O)C1CCN(c2ncccc2-n2cccc2)CC1. The quantitative estimate of drug-likeness (QED) is 0.784. The third-order valence-corrected chi connectivity index (χ3v) is 4.64. The number of nitrogens with one attached hydrogen (secondary N) is 1. The number of pyridine rings is 1. The molecule has 1 amide bonds. The Morgan fingerprint density at radius 3 is 2.76 bits per heavy atom. The standard InChI is InChI=1S/C19H26N4O2/c1-25-15-5-10-21-19(24)16-7-13-23(14-8-16)18-17(6-4-9-20-18)22-11-2-3-12-22/h2-4,6,9,11-12,16H,5,7-8,10,13-15H2,1H3,(H,21,24). The lowest BCUT2D eigenvalue weighted by molar-refractivity contribution is -0.125. The Kier molecular flexibility index (Phi) is 6.06. The molecule has 0 unspecified atom stereocenters. The van der Waals surface area contributed by atoms with Crippen molar-refractivity contribution in [1.29, 1.82) is 0 Å². The number of aromatic nitrogens is 2. The van der Waals surface area contributed by atoms with Crippen LogP contribution in [0.2, 0.25) is 0 Å². The monoisotopic (exact) mass is 342 g/mol. The largest absolute Gasteiger partial charge is 0.385 e. The van der Waals surface area contributed by atoms with E-state index in [4.69, 9.17) is 4.74 Å². The molecule has 0 bridgehead atoms. The summed E-state index contributed by atoms with van der Waals surface area (Å²) in [6.07, 6.45) is 8.46. The Bertz CT molecular complexity index is 664. The van der Waals surface area contributed by atoms with Crippen molar-refractivity contribution in [1.82, 2.24) is 14.9 Å². The maximum atomic E-state index is 12.3. The van der Waals surface area contributed by atoms with Gasteiger partial charge in [-0.3, -0.25) is 4.79 Å². The number of anilines is 1. The van der Waals surface area contributed by atoms with Gasteiger partial charge in [-0.05, 0) is 43.5 Å². The summed E-state index contributed by atoms with van der Waals surface area (Å²) in [5.41, 5.74) is 1.08. The molecule has 1 fully saturated rings. The summed E-state index contributed by atoms with van der Waals surface area (Å²) in [7, 11) is 1.68. The molecule has 2 aromatic rings. The zero-order valence-corrected chi connectivity index (χ0v) is 14.7. The normalized spacial score (nSPS) is 15.3. The number of amides is 1. The molecule has 0 aromatic carbocycles. The molecular formula is C19H26N4O2. The van der Waals surface area contributed by atoms with Gasteiger partial charge < -0.3 is 19.5 Å². The molecule has 0 spiro atoms. The van der Waals surface area contributed by atoms with E-state index in [0.29, 0.717) is 13.2 Å². The molecule has 0 aliphatic carbocycles. The van der Waals surface area contributed by atoms with E-state index in [9.17, 15) is 4.79 Å². The van der Waals surface area contributed by atoms with Crippen LogP contribution in [0.3, 0.4) is 0 Å². The van der Waals surface area contributed by atoms with E-state index in [0.717, 1.165) is 43.9 Å². The van der Waals surface area contributed by atoms with Crippen LogP contribution in [0.15, 0.2) is 42.9 Å². The Morgan fingerprint density at radius 2 is 2.04 bits per heavy atom. The first kappa shape index (κ1) is 17.5. The topological polar surface area (TPSA) is 59.4 Å². The van der Waals surface area contributed by atoms with Crippen molar-refractivity contribution in [2.75, 3.05) is 38.3 Å². The number of rotatable bonds is 7. The number of nitrogens with zero attached hydrogens (tertiary/aromatic N) is 3. The minimum atomic E-state index is 0.0949. The summed E-state index contributed by atoms with van der Waals surface area (Å²) in [5, 5.41) is 3.02. The number of carbonyl (C=O) groups excluding carboxylic acids is 1. The molecule has 6 heteroatoms. The van der Waals surface area contributed by atoms with Crippen molar-refractivity contribution in [3.8, 4) is 5.69 Å². The molecule has 0 saturated carbocycles. The molecule has 1 saturated heterocycles. The van der Waals surface area contributed by atoms with E-state index in [1.54, 1.807) is 7.11 Å². The predicted octanol–water partition coefficient (Wildman–Crippen LogP) is 2.24. The molecule has 0 radical (unpaired) electrons. The lowest BCUT2D eigenvalue weighted by Crippen LogP contribution is -2.41. The van der Waals surface area contributed by atoms with Crippen molar-refractivity contribution in [2.24, 2.45) is 5.92 Å². The second-order valence-corrected chi connectivity index (χ2v) is 6.34. The molecule has 3 rings (SSSR count). The van der Waals surface area contributed by atoms with Crippen LogP contribution in [0.1, 0.15) is 19.3 Å². The molecule has 3 heterocycles. The van der Waals surface area contributed by atoms with E-state index < -0.39 is 0 Å². The third-order valence-electron chi connectivity index (χ3n) is 4.64. The van der Waals surface area contributed by atoms with Gasteiger partial charge in [-0.25, -0.2) is 4.98 Å².